The Balaban J connectivity index is 2.23. The number of carbonyl (C=O) groups is 3. The minimum atomic E-state index is -1.20. The average molecular weight is 277 g/mol. The molecule has 1 atom stereocenters. The van der Waals surface area contributed by atoms with E-state index in [0.717, 1.165) is 0 Å². The number of carbonyl (C=O) groups excluding carboxylic acids is 3. The predicted octanol–water partition coefficient (Wildman–Crippen LogP) is 1.56. The van der Waals surface area contributed by atoms with Crippen molar-refractivity contribution in [3.05, 3.63) is 35.4 Å². The molecule has 1 aliphatic heterocycles. The summed E-state index contributed by atoms with van der Waals surface area (Å²) in [6.07, 6.45) is 0.353. The van der Waals surface area contributed by atoms with Crippen LogP contribution >= 0.6 is 0 Å². The van der Waals surface area contributed by atoms with Crippen LogP contribution in [0.4, 0.5) is 0 Å². The molecule has 6 nitrogen and oxygen atoms in total. The topological polar surface area (TPSA) is 72.9 Å². The summed E-state index contributed by atoms with van der Waals surface area (Å²) in [6.45, 7) is 3.28. The molecule has 0 spiro atoms. The van der Waals surface area contributed by atoms with Gasteiger partial charge in [-0.3, -0.25) is 9.59 Å². The number of nitrogens with zero attached hydrogens (tertiary/aromatic N) is 1. The van der Waals surface area contributed by atoms with Gasteiger partial charge in [0, 0.05) is 7.11 Å². The summed E-state index contributed by atoms with van der Waals surface area (Å²) in [5, 5.41) is 0.486. The molecule has 106 valence electrons. The van der Waals surface area contributed by atoms with Crippen LogP contribution in [-0.2, 0) is 14.4 Å². The molecule has 1 aromatic rings. The number of amides is 2. The molecule has 0 saturated heterocycles. The summed E-state index contributed by atoms with van der Waals surface area (Å²) in [7, 11) is 1.37. The third-order valence-electron chi connectivity index (χ3n) is 3.49. The summed E-state index contributed by atoms with van der Waals surface area (Å²) in [5.74, 6) is -2.07. The highest BCUT2D eigenvalue weighted by atomic mass is 16.7. The molecule has 20 heavy (non-hydrogen) atoms. The van der Waals surface area contributed by atoms with Gasteiger partial charge in [-0.05, 0) is 25.5 Å². The fraction of sp³-hybridized carbons (Fsp3) is 0.357. The van der Waals surface area contributed by atoms with Crippen molar-refractivity contribution in [2.45, 2.75) is 25.9 Å². The average Bonchev–Trinajstić information content (AvgIpc) is 2.72. The van der Waals surface area contributed by atoms with Crippen LogP contribution in [-0.4, -0.2) is 35.6 Å². The molecule has 0 N–H and O–H groups in total. The van der Waals surface area contributed by atoms with Crippen LogP contribution in [0.15, 0.2) is 24.3 Å². The Morgan fingerprint density at radius 2 is 1.70 bits per heavy atom. The van der Waals surface area contributed by atoms with Gasteiger partial charge >= 0.3 is 5.97 Å². The van der Waals surface area contributed by atoms with E-state index < -0.39 is 23.4 Å². The van der Waals surface area contributed by atoms with Crippen LogP contribution in [0.1, 0.15) is 41.0 Å². The van der Waals surface area contributed by atoms with Gasteiger partial charge in [-0.1, -0.05) is 24.1 Å². The van der Waals surface area contributed by atoms with E-state index >= 15 is 0 Å². The second kappa shape index (κ2) is 5.05. The van der Waals surface area contributed by atoms with Gasteiger partial charge in [-0.25, -0.2) is 4.79 Å². The normalized spacial score (nSPS) is 16.9. The Bertz CT molecular complexity index is 542. The predicted molar refractivity (Wildman–Crippen MR) is 68.7 cm³/mol. The third-order valence-corrected chi connectivity index (χ3v) is 3.49. The number of hydrogen-bond donors (Lipinski definition) is 0. The third kappa shape index (κ3) is 2.08. The van der Waals surface area contributed by atoms with Gasteiger partial charge in [0.15, 0.2) is 5.60 Å². The van der Waals surface area contributed by atoms with E-state index in [1.54, 1.807) is 19.1 Å². The quantitative estimate of drug-likeness (QED) is 0.781. The zero-order chi connectivity index (χ0) is 14.9. The first-order valence-electron chi connectivity index (χ1n) is 6.20. The first kappa shape index (κ1) is 14.2. The molecular formula is C14H15NO5. The number of imide groups is 1. The molecule has 1 heterocycles. The highest BCUT2D eigenvalue weighted by Gasteiger charge is 2.42. The van der Waals surface area contributed by atoms with E-state index in [1.807, 2.05) is 0 Å². The Morgan fingerprint density at radius 1 is 1.20 bits per heavy atom. The van der Waals surface area contributed by atoms with Gasteiger partial charge in [0.2, 0.25) is 0 Å². The maximum Gasteiger partial charge on any atom is 0.364 e. The van der Waals surface area contributed by atoms with Crippen LogP contribution in [0.2, 0.25) is 0 Å². The highest BCUT2D eigenvalue weighted by Crippen LogP contribution is 2.25. The Hall–Kier alpha value is -2.21. The number of methoxy groups -OCH3 is 1. The summed E-state index contributed by atoms with van der Waals surface area (Å²) < 4.78 is 5.08. The summed E-state index contributed by atoms with van der Waals surface area (Å²) in [5.41, 5.74) is -0.753. The van der Waals surface area contributed by atoms with Crippen molar-refractivity contribution in [2.75, 3.05) is 7.11 Å². The lowest BCUT2D eigenvalue weighted by Gasteiger charge is -2.25. The second-order valence-corrected chi connectivity index (χ2v) is 4.62. The molecular weight excluding hydrogens is 262 g/mol. The lowest BCUT2D eigenvalue weighted by molar-refractivity contribution is -0.191. The van der Waals surface area contributed by atoms with Gasteiger partial charge < -0.3 is 9.57 Å². The second-order valence-electron chi connectivity index (χ2n) is 4.62. The van der Waals surface area contributed by atoms with Crippen molar-refractivity contribution < 1.29 is 24.0 Å². The summed E-state index contributed by atoms with van der Waals surface area (Å²) in [6, 6.07) is 6.30. The van der Waals surface area contributed by atoms with Gasteiger partial charge in [-0.15, -0.1) is 0 Å². The maximum absolute atomic E-state index is 12.0. The molecule has 0 aromatic heterocycles. The zero-order valence-electron chi connectivity index (χ0n) is 11.5. The monoisotopic (exact) mass is 277 g/mol. The molecule has 2 amide bonds. The number of benzene rings is 1. The zero-order valence-corrected chi connectivity index (χ0v) is 11.5. The number of hydroxylamine groups is 2. The minimum absolute atomic E-state index is 0.223. The van der Waals surface area contributed by atoms with Crippen molar-refractivity contribution in [3.8, 4) is 0 Å². The molecule has 0 bridgehead atoms. The van der Waals surface area contributed by atoms with Crippen LogP contribution in [0.5, 0.6) is 0 Å². The Morgan fingerprint density at radius 3 is 2.10 bits per heavy atom. The van der Waals surface area contributed by atoms with Crippen molar-refractivity contribution in [1.29, 1.82) is 0 Å². The van der Waals surface area contributed by atoms with Crippen molar-refractivity contribution in [3.63, 3.8) is 0 Å². The first-order valence-corrected chi connectivity index (χ1v) is 6.20. The van der Waals surface area contributed by atoms with E-state index in [2.05, 4.69) is 0 Å². The number of ether oxygens (including phenoxy) is 1. The highest BCUT2D eigenvalue weighted by molar-refractivity contribution is 6.20. The van der Waals surface area contributed by atoms with Crippen LogP contribution in [0.3, 0.4) is 0 Å². The van der Waals surface area contributed by atoms with Gasteiger partial charge in [0.05, 0.1) is 11.1 Å². The van der Waals surface area contributed by atoms with Crippen molar-refractivity contribution in [2.24, 2.45) is 0 Å². The smallest absolute Gasteiger partial charge is 0.364 e. The van der Waals surface area contributed by atoms with Gasteiger partial charge in [0.1, 0.15) is 0 Å². The first-order chi connectivity index (χ1) is 9.44. The van der Waals surface area contributed by atoms with Gasteiger partial charge in [0.25, 0.3) is 11.8 Å². The fourth-order valence-electron chi connectivity index (χ4n) is 1.80. The van der Waals surface area contributed by atoms with E-state index in [-0.39, 0.29) is 11.1 Å². The number of fused-ring (bicyclic) bond motifs is 1. The van der Waals surface area contributed by atoms with Gasteiger partial charge in [-0.2, -0.15) is 0 Å². The molecule has 0 aliphatic carbocycles. The fourth-order valence-corrected chi connectivity index (χ4v) is 1.80. The number of hydrogen-bond acceptors (Lipinski definition) is 5. The molecule has 1 aromatic carbocycles. The van der Waals surface area contributed by atoms with Crippen molar-refractivity contribution in [1.82, 2.24) is 5.06 Å². The SMILES string of the molecule is CCC(C)(OC)C(=O)ON1C(=O)c2ccccc2C1=O. The maximum atomic E-state index is 12.0. The van der Waals surface area contributed by atoms with Crippen molar-refractivity contribution >= 4 is 17.8 Å². The Labute approximate surface area is 116 Å². The van der Waals surface area contributed by atoms with Crippen LogP contribution in [0, 0.1) is 0 Å². The standard InChI is InChI=1S/C14H15NO5/c1-4-14(2,19-3)13(18)20-15-11(16)9-7-5-6-8-10(9)12(15)17/h5-8H,4H2,1-3H3. The van der Waals surface area contributed by atoms with Crippen LogP contribution < -0.4 is 0 Å². The Kier molecular flexibility index (Phi) is 3.59. The number of rotatable bonds is 4. The molecule has 1 unspecified atom stereocenters. The van der Waals surface area contributed by atoms with E-state index in [0.29, 0.717) is 11.5 Å². The summed E-state index contributed by atoms with van der Waals surface area (Å²) >= 11 is 0. The van der Waals surface area contributed by atoms with Crippen LogP contribution in [0.25, 0.3) is 0 Å². The molecule has 0 fully saturated rings. The lowest BCUT2D eigenvalue weighted by Crippen LogP contribution is -2.44. The van der Waals surface area contributed by atoms with E-state index in [1.165, 1.54) is 26.2 Å². The largest absolute Gasteiger partial charge is 0.367 e. The molecule has 0 radical (unpaired) electrons. The molecule has 0 saturated carbocycles. The molecule has 1 aliphatic rings. The van der Waals surface area contributed by atoms with E-state index in [9.17, 15) is 14.4 Å². The van der Waals surface area contributed by atoms with E-state index in [4.69, 9.17) is 9.57 Å². The summed E-state index contributed by atoms with van der Waals surface area (Å²) in [4.78, 5) is 41.0. The minimum Gasteiger partial charge on any atom is -0.367 e. The molecule has 2 rings (SSSR count). The molecule has 6 heteroatoms. The lowest BCUT2D eigenvalue weighted by atomic mass is 10.0.